The largest absolute Gasteiger partial charge is 0.497 e. The Morgan fingerprint density at radius 1 is 1.32 bits per heavy atom. The van der Waals surface area contributed by atoms with Gasteiger partial charge in [-0.05, 0) is 25.5 Å². The molecule has 0 spiro atoms. The summed E-state index contributed by atoms with van der Waals surface area (Å²) in [5, 5.41) is 3.52. The monoisotopic (exact) mass is 261 g/mol. The fourth-order valence-corrected chi connectivity index (χ4v) is 2.02. The van der Waals surface area contributed by atoms with Crippen molar-refractivity contribution < 1.29 is 9.47 Å². The second kappa shape index (κ2) is 8.44. The Bertz CT molecular complexity index is 423. The van der Waals surface area contributed by atoms with Crippen LogP contribution in [0.1, 0.15) is 37.8 Å². The van der Waals surface area contributed by atoms with Gasteiger partial charge in [0.25, 0.3) is 0 Å². The Kier molecular flexibility index (Phi) is 6.84. The fraction of sp³-hybridized carbons (Fsp3) is 0.500. The van der Waals surface area contributed by atoms with Gasteiger partial charge in [-0.1, -0.05) is 13.0 Å². The summed E-state index contributed by atoms with van der Waals surface area (Å²) in [4.78, 5) is 0. The van der Waals surface area contributed by atoms with Gasteiger partial charge in [0.15, 0.2) is 0 Å². The first-order valence-corrected chi connectivity index (χ1v) is 6.65. The van der Waals surface area contributed by atoms with Gasteiger partial charge in [-0.25, -0.2) is 0 Å². The van der Waals surface area contributed by atoms with Crippen molar-refractivity contribution in [1.29, 1.82) is 0 Å². The van der Waals surface area contributed by atoms with E-state index in [-0.39, 0.29) is 6.04 Å². The van der Waals surface area contributed by atoms with Crippen molar-refractivity contribution in [3.05, 3.63) is 23.8 Å². The van der Waals surface area contributed by atoms with Gasteiger partial charge in [0.1, 0.15) is 11.5 Å². The molecule has 0 amide bonds. The summed E-state index contributed by atoms with van der Waals surface area (Å²) in [5.41, 5.74) is 1.13. The van der Waals surface area contributed by atoms with Crippen LogP contribution in [0.2, 0.25) is 0 Å². The maximum Gasteiger partial charge on any atom is 0.127 e. The molecule has 19 heavy (non-hydrogen) atoms. The molecule has 0 saturated carbocycles. The van der Waals surface area contributed by atoms with Crippen LogP contribution in [0.5, 0.6) is 11.5 Å². The average molecular weight is 261 g/mol. The summed E-state index contributed by atoms with van der Waals surface area (Å²) in [5.74, 6) is 4.33. The van der Waals surface area contributed by atoms with Crippen molar-refractivity contribution in [3.8, 4) is 23.8 Å². The van der Waals surface area contributed by atoms with E-state index in [0.717, 1.165) is 42.9 Å². The van der Waals surface area contributed by atoms with E-state index in [1.807, 2.05) is 18.2 Å². The molecule has 1 aromatic carbocycles. The number of hydrogen-bond donors (Lipinski definition) is 1. The van der Waals surface area contributed by atoms with Gasteiger partial charge < -0.3 is 14.8 Å². The number of rotatable bonds is 8. The highest BCUT2D eigenvalue weighted by Gasteiger charge is 2.15. The molecule has 1 aromatic rings. The molecule has 1 unspecified atom stereocenters. The predicted molar refractivity (Wildman–Crippen MR) is 78.6 cm³/mol. The van der Waals surface area contributed by atoms with Crippen LogP contribution >= 0.6 is 0 Å². The van der Waals surface area contributed by atoms with Crippen LogP contribution in [-0.2, 0) is 0 Å². The first-order chi connectivity index (χ1) is 9.26. The van der Waals surface area contributed by atoms with Crippen LogP contribution in [0.25, 0.3) is 0 Å². The Labute approximate surface area is 116 Å². The van der Waals surface area contributed by atoms with Crippen LogP contribution in [0, 0.1) is 12.3 Å². The van der Waals surface area contributed by atoms with Crippen LogP contribution in [0.15, 0.2) is 18.2 Å². The first-order valence-electron chi connectivity index (χ1n) is 6.65. The van der Waals surface area contributed by atoms with Gasteiger partial charge in [0.2, 0.25) is 0 Å². The van der Waals surface area contributed by atoms with E-state index in [1.165, 1.54) is 0 Å². The Hall–Kier alpha value is -1.66. The smallest absolute Gasteiger partial charge is 0.127 e. The van der Waals surface area contributed by atoms with Crippen molar-refractivity contribution in [2.75, 3.05) is 20.8 Å². The zero-order chi connectivity index (χ0) is 14.1. The molecule has 3 nitrogen and oxygen atoms in total. The highest BCUT2D eigenvalue weighted by Crippen LogP contribution is 2.31. The quantitative estimate of drug-likeness (QED) is 0.729. The summed E-state index contributed by atoms with van der Waals surface area (Å²) in [7, 11) is 3.33. The lowest BCUT2D eigenvalue weighted by Crippen LogP contribution is -2.22. The minimum absolute atomic E-state index is 0.219. The molecule has 0 bridgehead atoms. The molecule has 0 fully saturated rings. The lowest BCUT2D eigenvalue weighted by Gasteiger charge is -2.21. The fourth-order valence-electron chi connectivity index (χ4n) is 2.02. The molecule has 0 radical (unpaired) electrons. The van der Waals surface area contributed by atoms with E-state index in [4.69, 9.17) is 15.9 Å². The maximum absolute atomic E-state index is 5.46. The van der Waals surface area contributed by atoms with Gasteiger partial charge in [-0.15, -0.1) is 12.3 Å². The van der Waals surface area contributed by atoms with E-state index >= 15 is 0 Å². The molecule has 0 heterocycles. The van der Waals surface area contributed by atoms with Crippen molar-refractivity contribution in [2.45, 2.75) is 32.2 Å². The van der Waals surface area contributed by atoms with Crippen LogP contribution in [0.4, 0.5) is 0 Å². The summed E-state index contributed by atoms with van der Waals surface area (Å²) in [6, 6.07) is 6.12. The zero-order valence-electron chi connectivity index (χ0n) is 12.0. The van der Waals surface area contributed by atoms with Crippen molar-refractivity contribution >= 4 is 0 Å². The zero-order valence-corrected chi connectivity index (χ0v) is 12.0. The summed E-state index contributed by atoms with van der Waals surface area (Å²) in [6.07, 6.45) is 8.11. The molecular weight excluding hydrogens is 238 g/mol. The molecule has 3 heteroatoms. The molecule has 104 valence electrons. The first kappa shape index (κ1) is 15.4. The van der Waals surface area contributed by atoms with Crippen LogP contribution < -0.4 is 14.8 Å². The molecule has 0 aromatic heterocycles. The minimum Gasteiger partial charge on any atom is -0.497 e. The maximum atomic E-state index is 5.46. The second-order valence-electron chi connectivity index (χ2n) is 4.36. The van der Waals surface area contributed by atoms with Gasteiger partial charge in [0, 0.05) is 24.1 Å². The third kappa shape index (κ3) is 4.50. The molecule has 1 rings (SSSR count). The normalized spacial score (nSPS) is 11.7. The Balaban J connectivity index is 2.95. The van der Waals surface area contributed by atoms with Gasteiger partial charge >= 0.3 is 0 Å². The summed E-state index contributed by atoms with van der Waals surface area (Å²) in [6.45, 7) is 3.11. The lowest BCUT2D eigenvalue weighted by atomic mass is 10.0. The van der Waals surface area contributed by atoms with E-state index in [2.05, 4.69) is 18.2 Å². The van der Waals surface area contributed by atoms with Gasteiger partial charge in [-0.2, -0.15) is 0 Å². The Morgan fingerprint density at radius 2 is 2.11 bits per heavy atom. The van der Waals surface area contributed by atoms with Crippen LogP contribution in [0.3, 0.4) is 0 Å². The van der Waals surface area contributed by atoms with Crippen LogP contribution in [-0.4, -0.2) is 20.8 Å². The number of methoxy groups -OCH3 is 2. The molecule has 1 atom stereocenters. The van der Waals surface area contributed by atoms with Gasteiger partial charge in [-0.3, -0.25) is 0 Å². The molecular formula is C16H23NO2. The summed E-state index contributed by atoms with van der Waals surface area (Å²) < 4.78 is 10.7. The minimum atomic E-state index is 0.219. The number of hydrogen-bond acceptors (Lipinski definition) is 3. The molecule has 0 aliphatic rings. The van der Waals surface area contributed by atoms with Crippen molar-refractivity contribution in [1.82, 2.24) is 5.32 Å². The summed E-state index contributed by atoms with van der Waals surface area (Å²) >= 11 is 0. The number of ether oxygens (including phenoxy) is 2. The topological polar surface area (TPSA) is 30.5 Å². The van der Waals surface area contributed by atoms with E-state index in [0.29, 0.717) is 0 Å². The number of benzene rings is 1. The van der Waals surface area contributed by atoms with E-state index in [1.54, 1.807) is 14.2 Å². The highest BCUT2D eigenvalue weighted by atomic mass is 16.5. The highest BCUT2D eigenvalue weighted by molar-refractivity contribution is 5.42. The second-order valence-corrected chi connectivity index (χ2v) is 4.36. The Morgan fingerprint density at radius 3 is 2.68 bits per heavy atom. The van der Waals surface area contributed by atoms with Crippen molar-refractivity contribution in [3.63, 3.8) is 0 Å². The number of terminal acetylenes is 1. The molecule has 0 aliphatic carbocycles. The average Bonchev–Trinajstić information content (AvgIpc) is 2.47. The van der Waals surface area contributed by atoms with E-state index < -0.39 is 0 Å². The predicted octanol–water partition coefficient (Wildman–Crippen LogP) is 3.16. The number of nitrogens with one attached hydrogen (secondary N) is 1. The standard InChI is InChI=1S/C16H23NO2/c1-5-7-8-15(17-11-6-2)14-10-9-13(18-3)12-16(14)19-4/h1,9-10,12,15,17H,6-8,11H2,2-4H3. The third-order valence-corrected chi connectivity index (χ3v) is 3.03. The van der Waals surface area contributed by atoms with Gasteiger partial charge in [0.05, 0.1) is 14.2 Å². The SMILES string of the molecule is C#CCCC(NCCC)c1ccc(OC)cc1OC. The van der Waals surface area contributed by atoms with E-state index in [9.17, 15) is 0 Å². The molecule has 0 aliphatic heterocycles. The molecule has 0 saturated heterocycles. The lowest BCUT2D eigenvalue weighted by molar-refractivity contribution is 0.382. The third-order valence-electron chi connectivity index (χ3n) is 3.03. The molecule has 1 N–H and O–H groups in total. The van der Waals surface area contributed by atoms with Crippen molar-refractivity contribution in [2.24, 2.45) is 0 Å².